The van der Waals surface area contributed by atoms with Gasteiger partial charge in [-0.05, 0) is 46.9 Å². The van der Waals surface area contributed by atoms with E-state index in [9.17, 15) is 0 Å². The first-order chi connectivity index (χ1) is 8.75. The van der Waals surface area contributed by atoms with Crippen LogP contribution in [0.4, 0.5) is 5.82 Å². The lowest BCUT2D eigenvalue weighted by molar-refractivity contribution is 0.691. The minimum atomic E-state index is 0.570. The molecule has 2 aromatic heterocycles. The van der Waals surface area contributed by atoms with E-state index < -0.39 is 0 Å². The fourth-order valence-electron chi connectivity index (χ4n) is 2.47. The highest BCUT2D eigenvalue weighted by Gasteiger charge is 2.23. The van der Waals surface area contributed by atoms with Crippen molar-refractivity contribution in [2.75, 3.05) is 5.73 Å². The predicted octanol–water partition coefficient (Wildman–Crippen LogP) is 4.05. The topological polar surface area (TPSA) is 51.8 Å². The number of aromatic nitrogens is 2. The summed E-state index contributed by atoms with van der Waals surface area (Å²) in [6, 6.07) is 4.07. The van der Waals surface area contributed by atoms with E-state index in [-0.39, 0.29) is 0 Å². The fourth-order valence-corrected chi connectivity index (χ4v) is 3.81. The molecular formula is C13H14IN3S. The molecule has 0 saturated heterocycles. The van der Waals surface area contributed by atoms with Gasteiger partial charge in [0.2, 0.25) is 0 Å². The molecule has 1 aliphatic rings. The lowest BCUT2D eigenvalue weighted by Gasteiger charge is -2.13. The smallest absolute Gasteiger partial charge is 0.171 e. The SMILES string of the molecule is Nc1nc(-c2cccs2)nc(C2CCCC2)c1I. The van der Waals surface area contributed by atoms with Gasteiger partial charge in [0.1, 0.15) is 5.82 Å². The summed E-state index contributed by atoms with van der Waals surface area (Å²) in [5.41, 5.74) is 7.20. The maximum absolute atomic E-state index is 6.04. The van der Waals surface area contributed by atoms with Crippen molar-refractivity contribution in [3.8, 4) is 10.7 Å². The molecule has 0 aromatic carbocycles. The maximum atomic E-state index is 6.04. The second kappa shape index (κ2) is 5.13. The Labute approximate surface area is 124 Å². The van der Waals surface area contributed by atoms with Gasteiger partial charge in [0, 0.05) is 5.92 Å². The van der Waals surface area contributed by atoms with Gasteiger partial charge in [0.25, 0.3) is 0 Å². The summed E-state index contributed by atoms with van der Waals surface area (Å²) in [5.74, 6) is 1.97. The van der Waals surface area contributed by atoms with Gasteiger partial charge in [-0.25, -0.2) is 9.97 Å². The first-order valence-corrected chi connectivity index (χ1v) is 8.08. The van der Waals surface area contributed by atoms with Gasteiger partial charge in [-0.15, -0.1) is 11.3 Å². The van der Waals surface area contributed by atoms with Crippen LogP contribution in [0.3, 0.4) is 0 Å². The summed E-state index contributed by atoms with van der Waals surface area (Å²) >= 11 is 3.94. The molecule has 0 spiro atoms. The molecule has 94 valence electrons. The number of nitrogen functional groups attached to an aromatic ring is 1. The molecule has 0 unspecified atom stereocenters. The van der Waals surface area contributed by atoms with Crippen LogP contribution in [0.25, 0.3) is 10.7 Å². The summed E-state index contributed by atoms with van der Waals surface area (Å²) in [4.78, 5) is 10.3. The van der Waals surface area contributed by atoms with Crippen LogP contribution in [0.2, 0.25) is 0 Å². The van der Waals surface area contributed by atoms with Crippen LogP contribution in [0, 0.1) is 3.57 Å². The molecule has 3 rings (SSSR count). The Morgan fingerprint density at radius 3 is 2.72 bits per heavy atom. The molecule has 0 aliphatic heterocycles. The second-order valence-electron chi connectivity index (χ2n) is 4.59. The third-order valence-electron chi connectivity index (χ3n) is 3.39. The van der Waals surface area contributed by atoms with Crippen molar-refractivity contribution in [1.29, 1.82) is 0 Å². The van der Waals surface area contributed by atoms with Gasteiger partial charge in [-0.1, -0.05) is 18.9 Å². The average Bonchev–Trinajstić information content (AvgIpc) is 3.03. The molecule has 2 heterocycles. The van der Waals surface area contributed by atoms with Crippen LogP contribution < -0.4 is 5.73 Å². The quantitative estimate of drug-likeness (QED) is 0.811. The number of hydrogen-bond acceptors (Lipinski definition) is 4. The molecule has 0 radical (unpaired) electrons. The van der Waals surface area contributed by atoms with Gasteiger partial charge in [-0.3, -0.25) is 0 Å². The van der Waals surface area contributed by atoms with Gasteiger partial charge in [0.05, 0.1) is 14.1 Å². The van der Waals surface area contributed by atoms with E-state index in [2.05, 4.69) is 27.6 Å². The molecule has 2 N–H and O–H groups in total. The first kappa shape index (κ1) is 12.3. The fraction of sp³-hybridized carbons (Fsp3) is 0.385. The molecule has 18 heavy (non-hydrogen) atoms. The van der Waals surface area contributed by atoms with Crippen LogP contribution >= 0.6 is 33.9 Å². The Kier molecular flexibility index (Phi) is 3.52. The minimum Gasteiger partial charge on any atom is -0.383 e. The zero-order valence-electron chi connectivity index (χ0n) is 9.90. The molecule has 1 aliphatic carbocycles. The second-order valence-corrected chi connectivity index (χ2v) is 6.62. The number of thiophene rings is 1. The summed E-state index contributed by atoms with van der Waals surface area (Å²) in [6.07, 6.45) is 5.07. The van der Waals surface area contributed by atoms with Crippen LogP contribution in [-0.4, -0.2) is 9.97 Å². The monoisotopic (exact) mass is 371 g/mol. The highest BCUT2D eigenvalue weighted by atomic mass is 127. The number of anilines is 1. The summed E-state index contributed by atoms with van der Waals surface area (Å²) < 4.78 is 1.04. The molecule has 2 aromatic rings. The van der Waals surface area contributed by atoms with Crippen molar-refractivity contribution in [3.05, 3.63) is 26.8 Å². The van der Waals surface area contributed by atoms with Crippen molar-refractivity contribution in [2.45, 2.75) is 31.6 Å². The number of nitrogens with two attached hydrogens (primary N) is 1. The Bertz CT molecular complexity index is 548. The minimum absolute atomic E-state index is 0.570. The molecule has 1 fully saturated rings. The number of halogens is 1. The molecule has 5 heteroatoms. The Morgan fingerprint density at radius 2 is 2.06 bits per heavy atom. The summed E-state index contributed by atoms with van der Waals surface area (Å²) in [7, 11) is 0. The third-order valence-corrected chi connectivity index (χ3v) is 5.36. The summed E-state index contributed by atoms with van der Waals surface area (Å²) in [6.45, 7) is 0. The molecular weight excluding hydrogens is 357 g/mol. The standard InChI is InChI=1S/C13H14IN3S/c14-10-11(8-4-1-2-5-8)16-13(17-12(10)15)9-6-3-7-18-9/h3,6-8H,1-2,4-5H2,(H2,15,16,17). The number of nitrogens with zero attached hydrogens (tertiary/aromatic N) is 2. The third kappa shape index (κ3) is 2.25. The van der Waals surface area contributed by atoms with E-state index in [0.717, 1.165) is 20.0 Å². The lowest BCUT2D eigenvalue weighted by atomic mass is 10.0. The van der Waals surface area contributed by atoms with E-state index in [1.807, 2.05) is 17.5 Å². The van der Waals surface area contributed by atoms with E-state index in [0.29, 0.717) is 11.7 Å². The zero-order chi connectivity index (χ0) is 12.5. The van der Waals surface area contributed by atoms with Crippen LogP contribution in [0.5, 0.6) is 0 Å². The molecule has 1 saturated carbocycles. The van der Waals surface area contributed by atoms with E-state index in [4.69, 9.17) is 10.7 Å². The zero-order valence-corrected chi connectivity index (χ0v) is 12.9. The Morgan fingerprint density at radius 1 is 1.28 bits per heavy atom. The maximum Gasteiger partial charge on any atom is 0.171 e. The molecule has 0 amide bonds. The number of rotatable bonds is 2. The van der Waals surface area contributed by atoms with Crippen LogP contribution in [-0.2, 0) is 0 Å². The van der Waals surface area contributed by atoms with Crippen molar-refractivity contribution in [3.63, 3.8) is 0 Å². The summed E-state index contributed by atoms with van der Waals surface area (Å²) in [5, 5.41) is 2.04. The van der Waals surface area contributed by atoms with Gasteiger partial charge < -0.3 is 5.73 Å². The average molecular weight is 371 g/mol. The Balaban J connectivity index is 2.07. The molecule has 0 atom stereocenters. The normalized spacial score (nSPS) is 16.3. The van der Waals surface area contributed by atoms with Crippen molar-refractivity contribution < 1.29 is 0 Å². The van der Waals surface area contributed by atoms with E-state index in [1.165, 1.54) is 25.7 Å². The highest BCUT2D eigenvalue weighted by Crippen LogP contribution is 2.37. The molecule has 0 bridgehead atoms. The number of hydrogen-bond donors (Lipinski definition) is 1. The van der Waals surface area contributed by atoms with E-state index in [1.54, 1.807) is 11.3 Å². The largest absolute Gasteiger partial charge is 0.383 e. The van der Waals surface area contributed by atoms with Gasteiger partial charge in [0.15, 0.2) is 5.82 Å². The van der Waals surface area contributed by atoms with Crippen LogP contribution in [0.15, 0.2) is 17.5 Å². The van der Waals surface area contributed by atoms with Crippen LogP contribution in [0.1, 0.15) is 37.3 Å². The van der Waals surface area contributed by atoms with Crippen molar-refractivity contribution in [2.24, 2.45) is 0 Å². The van der Waals surface area contributed by atoms with Gasteiger partial charge >= 0.3 is 0 Å². The predicted molar refractivity (Wildman–Crippen MR) is 83.7 cm³/mol. The lowest BCUT2D eigenvalue weighted by Crippen LogP contribution is -2.07. The van der Waals surface area contributed by atoms with Gasteiger partial charge in [-0.2, -0.15) is 0 Å². The van der Waals surface area contributed by atoms with Crippen molar-refractivity contribution in [1.82, 2.24) is 9.97 Å². The molecule has 3 nitrogen and oxygen atoms in total. The van der Waals surface area contributed by atoms with E-state index >= 15 is 0 Å². The van der Waals surface area contributed by atoms with Crippen molar-refractivity contribution >= 4 is 39.7 Å². The Hall–Kier alpha value is -0.690. The highest BCUT2D eigenvalue weighted by molar-refractivity contribution is 14.1. The first-order valence-electron chi connectivity index (χ1n) is 6.12.